The number of hydrogen-bond acceptors (Lipinski definition) is 3. The van der Waals surface area contributed by atoms with Crippen molar-refractivity contribution in [3.63, 3.8) is 0 Å². The highest BCUT2D eigenvalue weighted by atomic mass is 16.3. The molecule has 1 heterocycles. The number of carbonyl (C=O) groups is 1. The summed E-state index contributed by atoms with van der Waals surface area (Å²) in [6.45, 7) is 0.191. The highest BCUT2D eigenvalue weighted by Gasteiger charge is 2.17. The smallest absolute Gasteiger partial charge is 0.258 e. The van der Waals surface area contributed by atoms with Gasteiger partial charge in [-0.2, -0.15) is 0 Å². The lowest BCUT2D eigenvalue weighted by atomic mass is 9.87. The lowest BCUT2D eigenvalue weighted by Gasteiger charge is -2.21. The van der Waals surface area contributed by atoms with Gasteiger partial charge in [-0.15, -0.1) is 0 Å². The van der Waals surface area contributed by atoms with E-state index in [4.69, 9.17) is 5.11 Å². The largest absolute Gasteiger partial charge is 0.395 e. The molecule has 1 aromatic heterocycles. The molecule has 128 valence electrons. The first-order valence-electron chi connectivity index (χ1n) is 8.72. The first kappa shape index (κ1) is 16.7. The molecule has 3 rings (SSSR count). The Morgan fingerprint density at radius 1 is 1.17 bits per heavy atom. The van der Waals surface area contributed by atoms with E-state index in [1.807, 2.05) is 12.1 Å². The Labute approximate surface area is 141 Å². The number of aliphatic hydroxyl groups is 1. The third-order valence-electron chi connectivity index (χ3n) is 4.83. The molecule has 2 aromatic rings. The number of pyridine rings is 1. The number of nitrogens with one attached hydrogen (secondary N) is 1. The topological polar surface area (TPSA) is 71.3 Å². The molecule has 0 unspecified atom stereocenters. The van der Waals surface area contributed by atoms with Crippen LogP contribution in [0, 0.1) is 5.92 Å². The summed E-state index contributed by atoms with van der Waals surface area (Å²) in [4.78, 5) is 24.8. The molecule has 0 aliphatic heterocycles. The fourth-order valence-corrected chi connectivity index (χ4v) is 3.57. The van der Waals surface area contributed by atoms with Gasteiger partial charge in [-0.1, -0.05) is 25.3 Å². The third-order valence-corrected chi connectivity index (χ3v) is 4.83. The molecule has 1 aromatic carbocycles. The number of amides is 1. The van der Waals surface area contributed by atoms with Crippen LogP contribution < -0.4 is 10.9 Å². The van der Waals surface area contributed by atoms with Crippen LogP contribution in [0.4, 0.5) is 5.69 Å². The van der Waals surface area contributed by atoms with Crippen LogP contribution in [0.15, 0.2) is 35.3 Å². The van der Waals surface area contributed by atoms with Gasteiger partial charge in [0.15, 0.2) is 0 Å². The molecular formula is C19H24N2O3. The van der Waals surface area contributed by atoms with E-state index in [0.717, 1.165) is 18.2 Å². The Bertz CT molecular complexity index is 776. The van der Waals surface area contributed by atoms with Crippen LogP contribution in [0.2, 0.25) is 0 Å². The Morgan fingerprint density at radius 3 is 2.71 bits per heavy atom. The van der Waals surface area contributed by atoms with Crippen molar-refractivity contribution in [2.75, 3.05) is 11.9 Å². The third kappa shape index (κ3) is 3.67. The van der Waals surface area contributed by atoms with Gasteiger partial charge < -0.3 is 15.0 Å². The second-order valence-electron chi connectivity index (χ2n) is 6.56. The van der Waals surface area contributed by atoms with Crippen LogP contribution in [-0.2, 0) is 11.3 Å². The van der Waals surface area contributed by atoms with Crippen molar-refractivity contribution in [2.45, 2.75) is 45.1 Å². The highest BCUT2D eigenvalue weighted by Crippen LogP contribution is 2.27. The summed E-state index contributed by atoms with van der Waals surface area (Å²) in [5.41, 5.74) is 0.534. The van der Waals surface area contributed by atoms with Gasteiger partial charge in [0, 0.05) is 35.6 Å². The maximum Gasteiger partial charge on any atom is 0.258 e. The van der Waals surface area contributed by atoms with Gasteiger partial charge in [0.1, 0.15) is 0 Å². The Balaban J connectivity index is 1.80. The number of hydrogen-bond donors (Lipinski definition) is 2. The maximum atomic E-state index is 12.4. The van der Waals surface area contributed by atoms with E-state index < -0.39 is 0 Å². The molecule has 1 aliphatic carbocycles. The summed E-state index contributed by atoms with van der Waals surface area (Å²) >= 11 is 0. The summed E-state index contributed by atoms with van der Waals surface area (Å²) in [6, 6.07) is 7.19. The van der Waals surface area contributed by atoms with Crippen molar-refractivity contribution in [3.05, 3.63) is 40.8 Å². The Hall–Kier alpha value is -2.14. The predicted octanol–water partition coefficient (Wildman–Crippen LogP) is 2.90. The van der Waals surface area contributed by atoms with E-state index in [0.29, 0.717) is 23.4 Å². The highest BCUT2D eigenvalue weighted by molar-refractivity contribution is 6.01. The quantitative estimate of drug-likeness (QED) is 0.886. The lowest BCUT2D eigenvalue weighted by Crippen LogP contribution is -2.22. The molecule has 5 heteroatoms. The molecule has 0 bridgehead atoms. The van der Waals surface area contributed by atoms with Gasteiger partial charge in [-0.05, 0) is 37.0 Å². The van der Waals surface area contributed by atoms with Gasteiger partial charge in [0.05, 0.1) is 6.61 Å². The van der Waals surface area contributed by atoms with Crippen LogP contribution in [0.3, 0.4) is 0 Å². The summed E-state index contributed by atoms with van der Waals surface area (Å²) in [6.07, 6.45) is 8.20. The van der Waals surface area contributed by atoms with Crippen molar-refractivity contribution in [2.24, 2.45) is 5.92 Å². The van der Waals surface area contributed by atoms with Crippen LogP contribution in [0.1, 0.15) is 38.5 Å². The van der Waals surface area contributed by atoms with Crippen molar-refractivity contribution >= 4 is 22.4 Å². The van der Waals surface area contributed by atoms with Gasteiger partial charge in [-0.3, -0.25) is 9.59 Å². The van der Waals surface area contributed by atoms with E-state index in [1.165, 1.54) is 23.8 Å². The van der Waals surface area contributed by atoms with Gasteiger partial charge in [-0.25, -0.2) is 0 Å². The van der Waals surface area contributed by atoms with E-state index in [-0.39, 0.29) is 24.6 Å². The minimum atomic E-state index is -0.148. The molecular weight excluding hydrogens is 304 g/mol. The molecule has 1 amide bonds. The second kappa shape index (κ2) is 7.62. The molecule has 0 radical (unpaired) electrons. The number of fused-ring (bicyclic) bond motifs is 1. The fourth-order valence-electron chi connectivity index (χ4n) is 3.57. The Kier molecular flexibility index (Phi) is 5.30. The monoisotopic (exact) mass is 328 g/mol. The zero-order valence-corrected chi connectivity index (χ0v) is 13.8. The average molecular weight is 328 g/mol. The fraction of sp³-hybridized carbons (Fsp3) is 0.474. The van der Waals surface area contributed by atoms with Gasteiger partial charge in [0.2, 0.25) is 5.91 Å². The van der Waals surface area contributed by atoms with E-state index in [9.17, 15) is 9.59 Å². The lowest BCUT2D eigenvalue weighted by molar-refractivity contribution is -0.117. The van der Waals surface area contributed by atoms with Gasteiger partial charge >= 0.3 is 0 Å². The van der Waals surface area contributed by atoms with E-state index >= 15 is 0 Å². The molecule has 2 N–H and O–H groups in total. The molecule has 24 heavy (non-hydrogen) atoms. The first-order valence-corrected chi connectivity index (χ1v) is 8.72. The SMILES string of the molecule is O=C(CC1CCCCC1)Nc1cccc2c(=O)n(CCO)ccc12. The van der Waals surface area contributed by atoms with Crippen LogP contribution in [0.25, 0.3) is 10.8 Å². The minimum Gasteiger partial charge on any atom is -0.395 e. The molecule has 0 spiro atoms. The number of aromatic nitrogens is 1. The standard InChI is InChI=1S/C19H24N2O3/c22-12-11-21-10-9-15-16(19(21)24)7-4-8-17(15)20-18(23)13-14-5-2-1-3-6-14/h4,7-10,14,22H,1-3,5-6,11-13H2,(H,20,23). The summed E-state index contributed by atoms with van der Waals surface area (Å²) in [5, 5.41) is 13.3. The molecule has 0 saturated heterocycles. The number of anilines is 1. The van der Waals surface area contributed by atoms with Crippen LogP contribution >= 0.6 is 0 Å². The second-order valence-corrected chi connectivity index (χ2v) is 6.56. The normalized spacial score (nSPS) is 15.5. The Morgan fingerprint density at radius 2 is 1.96 bits per heavy atom. The maximum absolute atomic E-state index is 12.4. The molecule has 0 atom stereocenters. The minimum absolute atomic E-state index is 0.0222. The van der Waals surface area contributed by atoms with Crippen molar-refractivity contribution in [1.82, 2.24) is 4.57 Å². The van der Waals surface area contributed by atoms with Crippen LogP contribution in [-0.4, -0.2) is 22.2 Å². The molecule has 1 fully saturated rings. The average Bonchev–Trinajstić information content (AvgIpc) is 2.59. The van der Waals surface area contributed by atoms with E-state index in [2.05, 4.69) is 5.32 Å². The number of rotatable bonds is 5. The summed E-state index contributed by atoms with van der Waals surface area (Å²) in [7, 11) is 0. The number of carbonyl (C=O) groups excluding carboxylic acids is 1. The predicted molar refractivity (Wildman–Crippen MR) is 95.1 cm³/mol. The van der Waals surface area contributed by atoms with Crippen molar-refractivity contribution in [3.8, 4) is 0 Å². The zero-order valence-electron chi connectivity index (χ0n) is 13.8. The first-order chi connectivity index (χ1) is 11.7. The molecule has 1 aliphatic rings. The van der Waals surface area contributed by atoms with Crippen molar-refractivity contribution in [1.29, 1.82) is 0 Å². The summed E-state index contributed by atoms with van der Waals surface area (Å²) in [5.74, 6) is 0.504. The number of benzene rings is 1. The number of nitrogens with zero attached hydrogens (tertiary/aromatic N) is 1. The molecule has 1 saturated carbocycles. The molecule has 5 nitrogen and oxygen atoms in total. The van der Waals surface area contributed by atoms with E-state index in [1.54, 1.807) is 18.3 Å². The zero-order chi connectivity index (χ0) is 16.9. The van der Waals surface area contributed by atoms with Crippen LogP contribution in [0.5, 0.6) is 0 Å². The van der Waals surface area contributed by atoms with Gasteiger partial charge in [0.25, 0.3) is 5.56 Å². The van der Waals surface area contributed by atoms with Crippen molar-refractivity contribution < 1.29 is 9.90 Å². The summed E-state index contributed by atoms with van der Waals surface area (Å²) < 4.78 is 1.48. The number of aliphatic hydroxyl groups excluding tert-OH is 1.